The van der Waals surface area contributed by atoms with Crippen molar-refractivity contribution in [3.05, 3.63) is 254 Å². The number of halogens is 1. The molecule has 0 fully saturated rings. The van der Waals surface area contributed by atoms with Gasteiger partial charge in [-0.1, -0.05) is 115 Å². The van der Waals surface area contributed by atoms with Crippen LogP contribution in [0.4, 0.5) is 38.5 Å². The average Bonchev–Trinajstić information content (AvgIpc) is 3.89. The molecule has 0 saturated heterocycles. The van der Waals surface area contributed by atoms with Crippen molar-refractivity contribution < 1.29 is 4.39 Å². The summed E-state index contributed by atoms with van der Waals surface area (Å²) in [5.41, 5.74) is 16.4. The first kappa shape index (κ1) is 39.0. The molecule has 0 aliphatic heterocycles. The molecule has 2 aromatic heterocycles. The molecule has 0 bridgehead atoms. The van der Waals surface area contributed by atoms with Crippen LogP contribution in [0.15, 0.2) is 243 Å². The van der Waals surface area contributed by atoms with Crippen LogP contribution in [0.1, 0.15) is 5.56 Å². The third-order valence-corrected chi connectivity index (χ3v) is 12.8. The molecule has 66 heavy (non-hydrogen) atoms. The van der Waals surface area contributed by atoms with Crippen molar-refractivity contribution in [3.63, 3.8) is 0 Å². The number of aromatic nitrogens is 2. The lowest BCUT2D eigenvalue weighted by atomic mass is 10.0. The Labute approximate surface area is 382 Å². The van der Waals surface area contributed by atoms with E-state index < -0.39 is 0 Å². The van der Waals surface area contributed by atoms with Gasteiger partial charge in [0.1, 0.15) is 5.82 Å². The van der Waals surface area contributed by atoms with Gasteiger partial charge in [-0.25, -0.2) is 4.39 Å². The van der Waals surface area contributed by atoms with Gasteiger partial charge < -0.3 is 18.9 Å². The van der Waals surface area contributed by atoms with Crippen LogP contribution in [0.3, 0.4) is 0 Å². The highest BCUT2D eigenvalue weighted by Gasteiger charge is 2.20. The van der Waals surface area contributed by atoms with E-state index >= 15 is 0 Å². The zero-order valence-corrected chi connectivity index (χ0v) is 36.3. The highest BCUT2D eigenvalue weighted by Crippen LogP contribution is 2.43. The number of anilines is 6. The first-order valence-corrected chi connectivity index (χ1v) is 22.4. The number of hydrogen-bond donors (Lipinski definition) is 0. The molecule has 0 aliphatic carbocycles. The van der Waals surface area contributed by atoms with Crippen molar-refractivity contribution in [1.82, 2.24) is 9.13 Å². The number of nitrogens with zero attached hydrogens (tertiary/aromatic N) is 4. The van der Waals surface area contributed by atoms with Gasteiger partial charge in [0.25, 0.3) is 0 Å². The van der Waals surface area contributed by atoms with Crippen LogP contribution in [-0.4, -0.2) is 9.13 Å². The Morgan fingerprint density at radius 2 is 0.636 bits per heavy atom. The van der Waals surface area contributed by atoms with Gasteiger partial charge in [-0.3, -0.25) is 0 Å². The predicted octanol–water partition coefficient (Wildman–Crippen LogP) is 16.9. The smallest absolute Gasteiger partial charge is 0.123 e. The minimum atomic E-state index is -0.268. The Balaban J connectivity index is 0.910. The van der Waals surface area contributed by atoms with E-state index in [-0.39, 0.29) is 5.82 Å². The first-order chi connectivity index (χ1) is 32.6. The summed E-state index contributed by atoms with van der Waals surface area (Å²) < 4.78 is 19.1. The molecule has 0 radical (unpaired) electrons. The lowest BCUT2D eigenvalue weighted by Crippen LogP contribution is -2.10. The van der Waals surface area contributed by atoms with E-state index in [2.05, 4.69) is 238 Å². The zero-order valence-electron chi connectivity index (χ0n) is 36.3. The second kappa shape index (κ2) is 16.2. The summed E-state index contributed by atoms with van der Waals surface area (Å²) in [6.45, 7) is 2.13. The maximum absolute atomic E-state index is 14.4. The number of para-hydroxylation sites is 4. The molecule has 12 aromatic rings. The lowest BCUT2D eigenvalue weighted by molar-refractivity contribution is 0.628. The molecule has 4 nitrogen and oxygen atoms in total. The number of aryl methyl sites for hydroxylation is 1. The lowest BCUT2D eigenvalue weighted by Gasteiger charge is -2.26. The Bertz CT molecular complexity index is 3440. The standard InChI is InChI=1S/C61H43FN4/c1-42-20-28-48(29-21-42)63(52-36-38-60-56(40-52)54-16-8-10-18-58(54)65(60)46-12-4-2-5-13-46)49-30-22-43(23-31-49)44-24-32-50(33-25-44)64(51-34-26-45(62)27-35-51)53-37-39-61-57(41-53)55-17-9-11-19-59(55)66(61)47-14-6-3-7-15-47/h2-41H,1H3. The third kappa shape index (κ3) is 6.77. The van der Waals surface area contributed by atoms with Gasteiger partial charge in [-0.05, 0) is 152 Å². The average molecular weight is 851 g/mol. The van der Waals surface area contributed by atoms with Gasteiger partial charge in [0.05, 0.1) is 22.1 Å². The van der Waals surface area contributed by atoms with Crippen LogP contribution in [0, 0.1) is 12.7 Å². The second-order valence-electron chi connectivity index (χ2n) is 16.9. The molecule has 0 saturated carbocycles. The van der Waals surface area contributed by atoms with Crippen LogP contribution >= 0.6 is 0 Å². The Morgan fingerprint density at radius 1 is 0.303 bits per heavy atom. The molecular formula is C61H43FN4. The predicted molar refractivity (Wildman–Crippen MR) is 275 cm³/mol. The molecule has 0 atom stereocenters. The molecule has 0 N–H and O–H groups in total. The highest BCUT2D eigenvalue weighted by molar-refractivity contribution is 6.12. The maximum Gasteiger partial charge on any atom is 0.123 e. The van der Waals surface area contributed by atoms with E-state index in [0.29, 0.717) is 0 Å². The summed E-state index contributed by atoms with van der Waals surface area (Å²) in [5, 5.41) is 4.74. The van der Waals surface area contributed by atoms with Crippen LogP contribution in [0.25, 0.3) is 66.1 Å². The zero-order chi connectivity index (χ0) is 44.1. The van der Waals surface area contributed by atoms with Crippen molar-refractivity contribution in [1.29, 1.82) is 0 Å². The maximum atomic E-state index is 14.4. The molecule has 2 heterocycles. The molecule has 314 valence electrons. The van der Waals surface area contributed by atoms with Gasteiger partial charge in [0.15, 0.2) is 0 Å². The molecule has 5 heteroatoms. The highest BCUT2D eigenvalue weighted by atomic mass is 19.1. The van der Waals surface area contributed by atoms with Gasteiger partial charge >= 0.3 is 0 Å². The Morgan fingerprint density at radius 3 is 1.06 bits per heavy atom. The fraction of sp³-hybridized carbons (Fsp3) is 0.0164. The van der Waals surface area contributed by atoms with E-state index in [1.807, 2.05) is 18.2 Å². The van der Waals surface area contributed by atoms with E-state index in [0.717, 1.165) is 73.0 Å². The Kier molecular flexibility index (Phi) is 9.53. The number of rotatable bonds is 9. The van der Waals surface area contributed by atoms with Crippen molar-refractivity contribution in [2.75, 3.05) is 9.80 Å². The molecule has 0 unspecified atom stereocenters. The van der Waals surface area contributed by atoms with Gasteiger partial charge in [-0.15, -0.1) is 0 Å². The van der Waals surface area contributed by atoms with E-state index in [1.165, 1.54) is 44.9 Å². The SMILES string of the molecule is Cc1ccc(N(c2ccc(-c3ccc(N(c4ccc(F)cc4)c4ccc5c(c4)c4ccccc4n5-c4ccccc4)cc3)cc2)c2ccc3c(c2)c2ccccc2n3-c2ccccc2)cc1. The van der Waals surface area contributed by atoms with Gasteiger partial charge in [-0.2, -0.15) is 0 Å². The normalized spacial score (nSPS) is 11.5. The summed E-state index contributed by atoms with van der Waals surface area (Å²) in [7, 11) is 0. The van der Waals surface area contributed by atoms with Crippen molar-refractivity contribution in [2.45, 2.75) is 6.92 Å². The van der Waals surface area contributed by atoms with Crippen LogP contribution < -0.4 is 9.80 Å². The van der Waals surface area contributed by atoms with E-state index in [4.69, 9.17) is 0 Å². The fourth-order valence-electron chi connectivity index (χ4n) is 9.69. The van der Waals surface area contributed by atoms with Crippen LogP contribution in [0.5, 0.6) is 0 Å². The Hall–Kier alpha value is -8.67. The number of benzene rings is 10. The minimum Gasteiger partial charge on any atom is -0.310 e. The molecule has 0 spiro atoms. The summed E-state index contributed by atoms with van der Waals surface area (Å²) in [4.78, 5) is 4.54. The van der Waals surface area contributed by atoms with E-state index in [1.54, 1.807) is 0 Å². The van der Waals surface area contributed by atoms with Crippen LogP contribution in [-0.2, 0) is 0 Å². The van der Waals surface area contributed by atoms with Crippen molar-refractivity contribution >= 4 is 77.7 Å². The van der Waals surface area contributed by atoms with E-state index in [9.17, 15) is 4.39 Å². The van der Waals surface area contributed by atoms with Crippen molar-refractivity contribution in [3.8, 4) is 22.5 Å². The molecule has 0 aliphatic rings. The first-order valence-electron chi connectivity index (χ1n) is 22.4. The fourth-order valence-corrected chi connectivity index (χ4v) is 9.69. The summed E-state index contributed by atoms with van der Waals surface area (Å²) >= 11 is 0. The molecule has 0 amide bonds. The molecule has 10 aromatic carbocycles. The van der Waals surface area contributed by atoms with Gasteiger partial charge in [0, 0.05) is 67.0 Å². The summed E-state index contributed by atoms with van der Waals surface area (Å²) in [6, 6.07) is 84.7. The monoisotopic (exact) mass is 850 g/mol. The number of fused-ring (bicyclic) bond motifs is 6. The van der Waals surface area contributed by atoms with Gasteiger partial charge in [0.2, 0.25) is 0 Å². The molecule has 12 rings (SSSR count). The van der Waals surface area contributed by atoms with Crippen molar-refractivity contribution in [2.24, 2.45) is 0 Å². The van der Waals surface area contributed by atoms with Crippen LogP contribution in [0.2, 0.25) is 0 Å². The second-order valence-corrected chi connectivity index (χ2v) is 16.9. The minimum absolute atomic E-state index is 0.268. The molecular weight excluding hydrogens is 808 g/mol. The summed E-state index contributed by atoms with van der Waals surface area (Å²) in [6.07, 6.45) is 0. The number of hydrogen-bond acceptors (Lipinski definition) is 2. The summed E-state index contributed by atoms with van der Waals surface area (Å²) in [5.74, 6) is -0.268. The topological polar surface area (TPSA) is 16.3 Å². The quantitative estimate of drug-likeness (QED) is 0.144. The third-order valence-electron chi connectivity index (χ3n) is 12.8. The largest absolute Gasteiger partial charge is 0.310 e.